The number of rotatable bonds is 3. The lowest BCUT2D eigenvalue weighted by molar-refractivity contribution is 0.0963. The lowest BCUT2D eigenvalue weighted by Gasteiger charge is -2.22. The molecule has 0 bridgehead atoms. The normalized spacial score (nSPS) is 16.2. The number of nitrogens with zero attached hydrogens (tertiary/aromatic N) is 2. The van der Waals surface area contributed by atoms with Crippen LogP contribution in [0.5, 0.6) is 0 Å². The molecule has 130 valence electrons. The number of carbonyl (C=O) groups excluding carboxylic acids is 2. The summed E-state index contributed by atoms with van der Waals surface area (Å²) in [6.45, 7) is 0. The van der Waals surface area contributed by atoms with Gasteiger partial charge in [-0.2, -0.15) is 0 Å². The number of hydrogen-bond acceptors (Lipinski definition) is 5. The first kappa shape index (κ1) is 16.9. The summed E-state index contributed by atoms with van der Waals surface area (Å²) >= 11 is 7.56. The maximum absolute atomic E-state index is 12.4. The molecule has 4 rings (SSSR count). The maximum Gasteiger partial charge on any atom is 0.258 e. The highest BCUT2D eigenvalue weighted by Crippen LogP contribution is 2.34. The van der Waals surface area contributed by atoms with Crippen LogP contribution in [0.3, 0.4) is 0 Å². The Morgan fingerprint density at radius 3 is 2.88 bits per heavy atom. The fraction of sp³-hybridized carbons (Fsp3) is 0.158. The zero-order valence-electron chi connectivity index (χ0n) is 13.6. The molecule has 1 N–H and O–H groups in total. The quantitative estimate of drug-likeness (QED) is 0.729. The van der Waals surface area contributed by atoms with Crippen LogP contribution in [0.25, 0.3) is 0 Å². The Hall–Kier alpha value is -2.57. The number of ketones is 1. The van der Waals surface area contributed by atoms with Crippen molar-refractivity contribution in [3.05, 3.63) is 74.7 Å². The van der Waals surface area contributed by atoms with E-state index in [2.05, 4.69) is 15.3 Å². The van der Waals surface area contributed by atoms with Gasteiger partial charge >= 0.3 is 0 Å². The fourth-order valence-corrected chi connectivity index (χ4v) is 4.05. The van der Waals surface area contributed by atoms with Crippen molar-refractivity contribution in [3.63, 3.8) is 0 Å². The molecular weight excluding hydrogens is 370 g/mol. The predicted octanol–water partition coefficient (Wildman–Crippen LogP) is 4.36. The van der Waals surface area contributed by atoms with E-state index in [1.807, 2.05) is 17.5 Å². The van der Waals surface area contributed by atoms with Gasteiger partial charge in [0.05, 0.1) is 11.3 Å². The van der Waals surface area contributed by atoms with Crippen molar-refractivity contribution in [1.29, 1.82) is 0 Å². The second-order valence-electron chi connectivity index (χ2n) is 6.06. The van der Waals surface area contributed by atoms with Crippen LogP contribution in [0.4, 0.5) is 5.95 Å². The molecule has 5 nitrogen and oxygen atoms in total. The van der Waals surface area contributed by atoms with Crippen molar-refractivity contribution in [1.82, 2.24) is 9.97 Å². The molecule has 0 fully saturated rings. The van der Waals surface area contributed by atoms with Gasteiger partial charge in [0.15, 0.2) is 5.78 Å². The summed E-state index contributed by atoms with van der Waals surface area (Å²) in [5, 5.41) is 5.16. The Morgan fingerprint density at radius 1 is 1.23 bits per heavy atom. The molecule has 0 spiro atoms. The van der Waals surface area contributed by atoms with Crippen molar-refractivity contribution < 1.29 is 9.59 Å². The van der Waals surface area contributed by atoms with Gasteiger partial charge in [-0.25, -0.2) is 9.97 Å². The van der Waals surface area contributed by atoms with Gasteiger partial charge in [0.2, 0.25) is 5.95 Å². The smallest absolute Gasteiger partial charge is 0.258 e. The third-order valence-electron chi connectivity index (χ3n) is 4.30. The van der Waals surface area contributed by atoms with Crippen LogP contribution in [-0.2, 0) is 6.42 Å². The van der Waals surface area contributed by atoms with E-state index in [0.29, 0.717) is 34.7 Å². The largest absolute Gasteiger partial charge is 0.294 e. The van der Waals surface area contributed by atoms with Crippen molar-refractivity contribution in [2.45, 2.75) is 18.8 Å². The van der Waals surface area contributed by atoms with Crippen LogP contribution in [0.2, 0.25) is 5.02 Å². The first-order valence-electron chi connectivity index (χ1n) is 8.09. The molecule has 2 aromatic heterocycles. The Labute approximate surface area is 159 Å². The van der Waals surface area contributed by atoms with Gasteiger partial charge in [0, 0.05) is 34.0 Å². The molecule has 1 aliphatic carbocycles. The molecule has 7 heteroatoms. The number of nitrogens with one attached hydrogen (secondary N) is 1. The predicted molar refractivity (Wildman–Crippen MR) is 101 cm³/mol. The van der Waals surface area contributed by atoms with Gasteiger partial charge in [-0.1, -0.05) is 23.7 Å². The van der Waals surface area contributed by atoms with Gasteiger partial charge in [-0.3, -0.25) is 14.9 Å². The third-order valence-corrected chi connectivity index (χ3v) is 5.57. The van der Waals surface area contributed by atoms with E-state index in [4.69, 9.17) is 11.6 Å². The highest BCUT2D eigenvalue weighted by molar-refractivity contribution is 7.10. The number of benzene rings is 1. The highest BCUT2D eigenvalue weighted by Gasteiger charge is 2.28. The van der Waals surface area contributed by atoms with Crippen molar-refractivity contribution in [2.75, 3.05) is 5.32 Å². The summed E-state index contributed by atoms with van der Waals surface area (Å²) in [5.74, 6) is 0.0106. The van der Waals surface area contributed by atoms with E-state index < -0.39 is 0 Å². The monoisotopic (exact) mass is 383 g/mol. The van der Waals surface area contributed by atoms with E-state index in [1.165, 1.54) is 11.1 Å². The van der Waals surface area contributed by atoms with E-state index in [9.17, 15) is 9.59 Å². The van der Waals surface area contributed by atoms with Gasteiger partial charge in [-0.05, 0) is 36.1 Å². The van der Waals surface area contributed by atoms with E-state index in [0.717, 1.165) is 0 Å². The minimum atomic E-state index is -0.343. The molecule has 0 saturated carbocycles. The van der Waals surface area contributed by atoms with Crippen LogP contribution in [-0.4, -0.2) is 21.7 Å². The molecule has 0 unspecified atom stereocenters. The standard InChI is InChI=1S/C19H14ClN3O2S/c20-13-4-1-3-11(7-13)18(25)23-19-21-10-14-15(22-19)8-12(9-16(14)24)17-5-2-6-26-17/h1-7,10,12H,8-9H2,(H,21,22,23,25)/t12-/m0/s1. The zero-order valence-corrected chi connectivity index (χ0v) is 15.2. The van der Waals surface area contributed by atoms with E-state index in [-0.39, 0.29) is 23.6 Å². The Morgan fingerprint density at radius 2 is 2.12 bits per heavy atom. The average molecular weight is 384 g/mol. The van der Waals surface area contributed by atoms with E-state index in [1.54, 1.807) is 35.6 Å². The van der Waals surface area contributed by atoms with Gasteiger partial charge in [0.25, 0.3) is 5.91 Å². The molecule has 3 aromatic rings. The van der Waals surface area contributed by atoms with Crippen LogP contribution in [0.1, 0.15) is 43.6 Å². The van der Waals surface area contributed by atoms with Crippen LogP contribution < -0.4 is 5.32 Å². The molecule has 26 heavy (non-hydrogen) atoms. The number of hydrogen-bond donors (Lipinski definition) is 1. The molecule has 1 amide bonds. The van der Waals surface area contributed by atoms with E-state index >= 15 is 0 Å². The molecule has 1 aromatic carbocycles. The van der Waals surface area contributed by atoms with Crippen molar-refractivity contribution in [2.24, 2.45) is 0 Å². The minimum absolute atomic E-state index is 0.0392. The molecule has 1 atom stereocenters. The number of carbonyl (C=O) groups is 2. The summed E-state index contributed by atoms with van der Waals surface area (Å²) in [6, 6.07) is 10.7. The lowest BCUT2D eigenvalue weighted by atomic mass is 9.86. The highest BCUT2D eigenvalue weighted by atomic mass is 35.5. The van der Waals surface area contributed by atoms with Crippen LogP contribution in [0.15, 0.2) is 48.0 Å². The Balaban J connectivity index is 1.58. The number of aromatic nitrogens is 2. The Bertz CT molecular complexity index is 988. The summed E-state index contributed by atoms with van der Waals surface area (Å²) < 4.78 is 0. The number of thiophene rings is 1. The lowest BCUT2D eigenvalue weighted by Crippen LogP contribution is -2.22. The minimum Gasteiger partial charge on any atom is -0.294 e. The first-order valence-corrected chi connectivity index (χ1v) is 9.35. The molecule has 0 radical (unpaired) electrons. The number of halogens is 1. The van der Waals surface area contributed by atoms with Crippen LogP contribution in [0, 0.1) is 0 Å². The number of anilines is 1. The van der Waals surface area contributed by atoms with Crippen LogP contribution >= 0.6 is 22.9 Å². The summed E-state index contributed by atoms with van der Waals surface area (Å²) in [4.78, 5) is 34.5. The topological polar surface area (TPSA) is 72.0 Å². The SMILES string of the molecule is O=C(Nc1ncc2c(n1)C[C@H](c1cccs1)CC2=O)c1cccc(Cl)c1. The number of Topliss-reactive ketones (excluding diaryl/α,β-unsaturated/α-hetero) is 1. The second kappa shape index (κ2) is 6.97. The van der Waals surface area contributed by atoms with Gasteiger partial charge < -0.3 is 0 Å². The zero-order chi connectivity index (χ0) is 18.1. The summed E-state index contributed by atoms with van der Waals surface area (Å²) in [6.07, 6.45) is 2.62. The Kier molecular flexibility index (Phi) is 4.53. The molecule has 0 aliphatic heterocycles. The summed E-state index contributed by atoms with van der Waals surface area (Å²) in [7, 11) is 0. The maximum atomic E-state index is 12.4. The number of fused-ring (bicyclic) bond motifs is 1. The van der Waals surface area contributed by atoms with Crippen molar-refractivity contribution >= 4 is 40.6 Å². The molecule has 2 heterocycles. The molecular formula is C19H14ClN3O2S. The summed E-state index contributed by atoms with van der Waals surface area (Å²) in [5.41, 5.74) is 1.64. The van der Waals surface area contributed by atoms with Gasteiger partial charge in [0.1, 0.15) is 0 Å². The fourth-order valence-electron chi connectivity index (χ4n) is 3.03. The average Bonchev–Trinajstić information content (AvgIpc) is 3.16. The molecule has 0 saturated heterocycles. The second-order valence-corrected chi connectivity index (χ2v) is 7.48. The third kappa shape index (κ3) is 3.38. The van der Waals surface area contributed by atoms with Crippen molar-refractivity contribution in [3.8, 4) is 0 Å². The molecule has 1 aliphatic rings. The van der Waals surface area contributed by atoms with Gasteiger partial charge in [-0.15, -0.1) is 11.3 Å². The first-order chi connectivity index (χ1) is 12.6. The number of amides is 1.